The summed E-state index contributed by atoms with van der Waals surface area (Å²) < 4.78 is 0. The first-order chi connectivity index (χ1) is 14.8. The number of allylic oxidation sites excluding steroid dienone is 2. The fourth-order valence-electron chi connectivity index (χ4n) is 6.87. The van der Waals surface area contributed by atoms with E-state index in [1.807, 2.05) is 0 Å². The lowest BCUT2D eigenvalue weighted by Crippen LogP contribution is -2.31. The van der Waals surface area contributed by atoms with E-state index in [9.17, 15) is 0 Å². The predicted octanol–water partition coefficient (Wildman–Crippen LogP) is 8.66. The number of benzene rings is 2. The van der Waals surface area contributed by atoms with Crippen molar-refractivity contribution >= 4 is 12.2 Å². The van der Waals surface area contributed by atoms with Gasteiger partial charge < -0.3 is 0 Å². The Hall–Kier alpha value is -2.08. The van der Waals surface area contributed by atoms with Crippen LogP contribution >= 0.6 is 0 Å². The molecule has 164 valence electrons. The maximum Gasteiger partial charge on any atom is 0.0118 e. The summed E-state index contributed by atoms with van der Waals surface area (Å²) in [4.78, 5) is 0. The molecule has 2 atom stereocenters. The SMILES string of the molecule is CCc1ccc(CC)c2c1C=C(C)C2C(C)(C)C1C(C)=Cc2c(CC)ccc(CC)c21. The summed E-state index contributed by atoms with van der Waals surface area (Å²) in [5.74, 6) is 0.941. The number of hydrogen-bond acceptors (Lipinski definition) is 0. The van der Waals surface area contributed by atoms with Gasteiger partial charge in [0.1, 0.15) is 0 Å². The molecule has 0 nitrogen and oxygen atoms in total. The minimum Gasteiger partial charge on any atom is -0.0646 e. The molecule has 0 saturated heterocycles. The van der Waals surface area contributed by atoms with Gasteiger partial charge in [0.2, 0.25) is 0 Å². The Morgan fingerprint density at radius 1 is 0.581 bits per heavy atom. The Bertz CT molecular complexity index is 988. The third-order valence-electron chi connectivity index (χ3n) is 8.18. The maximum atomic E-state index is 2.54. The molecule has 0 heteroatoms. The average molecular weight is 413 g/mol. The lowest BCUT2D eigenvalue weighted by atomic mass is 9.61. The van der Waals surface area contributed by atoms with Crippen LogP contribution in [0.3, 0.4) is 0 Å². The number of hydrogen-bond donors (Lipinski definition) is 0. The Morgan fingerprint density at radius 2 is 0.903 bits per heavy atom. The van der Waals surface area contributed by atoms with Crippen LogP contribution in [0.4, 0.5) is 0 Å². The van der Waals surface area contributed by atoms with Crippen LogP contribution in [-0.4, -0.2) is 0 Å². The first kappa shape index (κ1) is 22.1. The molecule has 4 rings (SSSR count). The van der Waals surface area contributed by atoms with Gasteiger partial charge in [-0.25, -0.2) is 0 Å². The minimum atomic E-state index is 0.115. The van der Waals surface area contributed by atoms with Gasteiger partial charge in [0, 0.05) is 11.8 Å². The van der Waals surface area contributed by atoms with Crippen LogP contribution in [0.1, 0.15) is 112 Å². The van der Waals surface area contributed by atoms with E-state index >= 15 is 0 Å². The van der Waals surface area contributed by atoms with Crippen molar-refractivity contribution in [3.8, 4) is 0 Å². The second-order valence-electron chi connectivity index (χ2n) is 10.3. The van der Waals surface area contributed by atoms with Crippen molar-refractivity contribution < 1.29 is 0 Å². The summed E-state index contributed by atoms with van der Waals surface area (Å²) in [7, 11) is 0. The molecule has 0 aromatic heterocycles. The van der Waals surface area contributed by atoms with Crippen molar-refractivity contribution in [3.05, 3.63) is 79.9 Å². The van der Waals surface area contributed by atoms with Gasteiger partial charge >= 0.3 is 0 Å². The summed E-state index contributed by atoms with van der Waals surface area (Å²) in [5, 5.41) is 0. The van der Waals surface area contributed by atoms with E-state index in [4.69, 9.17) is 0 Å². The normalized spacial score (nSPS) is 19.9. The fraction of sp³-hybridized carbons (Fsp3) is 0.484. The topological polar surface area (TPSA) is 0 Å². The summed E-state index contributed by atoms with van der Waals surface area (Å²) in [6, 6.07) is 9.56. The van der Waals surface area contributed by atoms with E-state index < -0.39 is 0 Å². The summed E-state index contributed by atoms with van der Waals surface area (Å²) in [6.45, 7) is 19.1. The van der Waals surface area contributed by atoms with Crippen molar-refractivity contribution in [3.63, 3.8) is 0 Å². The first-order valence-corrected chi connectivity index (χ1v) is 12.5. The molecule has 2 aliphatic rings. The monoisotopic (exact) mass is 412 g/mol. The Kier molecular flexibility index (Phi) is 5.80. The van der Waals surface area contributed by atoms with E-state index in [0.29, 0.717) is 11.8 Å². The van der Waals surface area contributed by atoms with Gasteiger partial charge in [0.25, 0.3) is 0 Å². The van der Waals surface area contributed by atoms with Crippen LogP contribution in [0.2, 0.25) is 0 Å². The highest BCUT2D eigenvalue weighted by atomic mass is 14.5. The molecule has 0 bridgehead atoms. The quantitative estimate of drug-likeness (QED) is 0.445. The molecule has 0 N–H and O–H groups in total. The van der Waals surface area contributed by atoms with Crippen molar-refractivity contribution in [1.82, 2.24) is 0 Å². The van der Waals surface area contributed by atoms with Crippen LogP contribution in [0.5, 0.6) is 0 Å². The van der Waals surface area contributed by atoms with Crippen molar-refractivity contribution in [1.29, 1.82) is 0 Å². The molecular formula is C31H40. The first-order valence-electron chi connectivity index (χ1n) is 12.5. The molecule has 31 heavy (non-hydrogen) atoms. The zero-order chi connectivity index (χ0) is 22.5. The van der Waals surface area contributed by atoms with Gasteiger partial charge in [0.05, 0.1) is 0 Å². The molecule has 2 unspecified atom stereocenters. The number of fused-ring (bicyclic) bond motifs is 2. The highest BCUT2D eigenvalue weighted by Crippen LogP contribution is 2.60. The lowest BCUT2D eigenvalue weighted by molar-refractivity contribution is 0.273. The highest BCUT2D eigenvalue weighted by molar-refractivity contribution is 5.74. The molecule has 2 aromatic rings. The highest BCUT2D eigenvalue weighted by Gasteiger charge is 2.46. The molecule has 0 fully saturated rings. The maximum absolute atomic E-state index is 2.54. The van der Waals surface area contributed by atoms with Gasteiger partial charge in [-0.3, -0.25) is 0 Å². The summed E-state index contributed by atoms with van der Waals surface area (Å²) in [6.07, 6.45) is 9.45. The summed E-state index contributed by atoms with van der Waals surface area (Å²) in [5.41, 5.74) is 15.6. The van der Waals surface area contributed by atoms with Crippen LogP contribution in [-0.2, 0) is 25.7 Å². The number of aryl methyl sites for hydroxylation is 4. The van der Waals surface area contributed by atoms with Gasteiger partial charge in [-0.15, -0.1) is 0 Å². The van der Waals surface area contributed by atoms with E-state index in [0.717, 1.165) is 25.7 Å². The van der Waals surface area contributed by atoms with Crippen molar-refractivity contribution in [2.75, 3.05) is 0 Å². The smallest absolute Gasteiger partial charge is 0.0118 e. The van der Waals surface area contributed by atoms with Crippen LogP contribution < -0.4 is 0 Å². The van der Waals surface area contributed by atoms with Crippen molar-refractivity contribution in [2.45, 2.75) is 92.9 Å². The average Bonchev–Trinajstić information content (AvgIpc) is 3.29. The third kappa shape index (κ3) is 3.25. The fourth-order valence-corrected chi connectivity index (χ4v) is 6.87. The number of rotatable bonds is 6. The Balaban J connectivity index is 1.92. The predicted molar refractivity (Wildman–Crippen MR) is 137 cm³/mol. The van der Waals surface area contributed by atoms with Gasteiger partial charge in [-0.2, -0.15) is 0 Å². The van der Waals surface area contributed by atoms with Crippen LogP contribution in [0.15, 0.2) is 35.4 Å². The molecule has 0 aliphatic heterocycles. The Morgan fingerprint density at radius 3 is 1.23 bits per heavy atom. The van der Waals surface area contributed by atoms with Gasteiger partial charge in [-0.1, -0.05) is 89.1 Å². The van der Waals surface area contributed by atoms with Crippen LogP contribution in [0.25, 0.3) is 12.2 Å². The summed E-state index contributed by atoms with van der Waals surface area (Å²) >= 11 is 0. The minimum absolute atomic E-state index is 0.115. The zero-order valence-corrected chi connectivity index (χ0v) is 20.9. The molecule has 0 amide bonds. The van der Waals surface area contributed by atoms with Gasteiger partial charge in [0.15, 0.2) is 0 Å². The molecule has 0 saturated carbocycles. The third-order valence-corrected chi connectivity index (χ3v) is 8.18. The standard InChI is InChI=1S/C31H40/c1-9-21-13-15-23(11-3)27-25(21)17-19(5)29(27)31(7,8)30-20(6)18-26-22(10-2)14-16-24(12-4)28(26)30/h13-18,29-30H,9-12H2,1-8H3. The van der Waals surface area contributed by atoms with Crippen LogP contribution in [0, 0.1) is 5.41 Å². The second-order valence-corrected chi connectivity index (χ2v) is 10.3. The van der Waals surface area contributed by atoms with Gasteiger partial charge in [-0.05, 0) is 89.5 Å². The second kappa shape index (κ2) is 8.12. The molecule has 2 aromatic carbocycles. The van der Waals surface area contributed by atoms with Crippen molar-refractivity contribution in [2.24, 2.45) is 5.41 Å². The van der Waals surface area contributed by atoms with E-state index in [1.54, 1.807) is 22.3 Å². The Labute approximate surface area is 190 Å². The zero-order valence-electron chi connectivity index (χ0n) is 20.9. The molecule has 2 aliphatic carbocycles. The van der Waals surface area contributed by atoms with E-state index in [-0.39, 0.29) is 5.41 Å². The molecule has 0 heterocycles. The largest absolute Gasteiger partial charge is 0.0646 e. The lowest BCUT2D eigenvalue weighted by Gasteiger charge is -2.42. The molecular weight excluding hydrogens is 372 g/mol. The molecule has 0 spiro atoms. The molecule has 0 radical (unpaired) electrons. The van der Waals surface area contributed by atoms with E-state index in [2.05, 4.69) is 91.8 Å². The van der Waals surface area contributed by atoms with E-state index in [1.165, 1.54) is 33.4 Å².